The fraction of sp³-hybridized carbons (Fsp3) is 0.611. The SMILES string of the molecule is Cc1ccccc1C1CCCN1C(=O)C1(N)CCCCC1. The van der Waals surface area contributed by atoms with E-state index in [1.165, 1.54) is 17.5 Å². The van der Waals surface area contributed by atoms with E-state index in [0.717, 1.165) is 45.1 Å². The van der Waals surface area contributed by atoms with E-state index >= 15 is 0 Å². The maximum Gasteiger partial charge on any atom is 0.243 e. The van der Waals surface area contributed by atoms with Gasteiger partial charge < -0.3 is 10.6 Å². The van der Waals surface area contributed by atoms with Crippen molar-refractivity contribution >= 4 is 5.91 Å². The molecule has 3 heteroatoms. The molecule has 1 aromatic carbocycles. The molecule has 1 aromatic rings. The Morgan fingerprint density at radius 2 is 1.90 bits per heavy atom. The molecular formula is C18H26N2O. The summed E-state index contributed by atoms with van der Waals surface area (Å²) in [6.45, 7) is 2.99. The standard InChI is InChI=1S/C18H26N2O/c1-14-8-3-4-9-15(14)16-10-7-13-20(16)17(21)18(19)11-5-2-6-12-18/h3-4,8-9,16H,2,5-7,10-13,19H2,1H3. The van der Waals surface area contributed by atoms with Crippen LogP contribution in [0.2, 0.25) is 0 Å². The molecular weight excluding hydrogens is 260 g/mol. The van der Waals surface area contributed by atoms with Gasteiger partial charge in [-0.05, 0) is 43.7 Å². The van der Waals surface area contributed by atoms with Crippen molar-refractivity contribution in [2.45, 2.75) is 63.5 Å². The Labute approximate surface area is 127 Å². The van der Waals surface area contributed by atoms with Crippen molar-refractivity contribution < 1.29 is 4.79 Å². The van der Waals surface area contributed by atoms with Gasteiger partial charge in [-0.2, -0.15) is 0 Å². The van der Waals surface area contributed by atoms with Gasteiger partial charge >= 0.3 is 0 Å². The summed E-state index contributed by atoms with van der Waals surface area (Å²) in [5.41, 5.74) is 8.43. The van der Waals surface area contributed by atoms with Gasteiger partial charge in [-0.1, -0.05) is 43.5 Å². The number of nitrogens with two attached hydrogens (primary N) is 1. The molecule has 0 radical (unpaired) electrons. The minimum Gasteiger partial charge on any atom is -0.334 e. The minimum absolute atomic E-state index is 0.188. The summed E-state index contributed by atoms with van der Waals surface area (Å²) in [6.07, 6.45) is 7.24. The first-order valence-electron chi connectivity index (χ1n) is 8.27. The highest BCUT2D eigenvalue weighted by Crippen LogP contribution is 2.37. The number of benzene rings is 1. The van der Waals surface area contributed by atoms with Gasteiger partial charge in [0.05, 0.1) is 11.6 Å². The lowest BCUT2D eigenvalue weighted by Gasteiger charge is -2.38. The van der Waals surface area contributed by atoms with Crippen LogP contribution >= 0.6 is 0 Å². The van der Waals surface area contributed by atoms with Crippen molar-refractivity contribution in [1.82, 2.24) is 4.90 Å². The van der Waals surface area contributed by atoms with E-state index in [4.69, 9.17) is 5.73 Å². The van der Waals surface area contributed by atoms with Gasteiger partial charge in [0.25, 0.3) is 0 Å². The molecule has 2 fully saturated rings. The molecule has 114 valence electrons. The molecule has 2 aliphatic rings. The normalized spacial score (nSPS) is 25.0. The van der Waals surface area contributed by atoms with Crippen molar-refractivity contribution in [1.29, 1.82) is 0 Å². The quantitative estimate of drug-likeness (QED) is 0.906. The molecule has 1 saturated heterocycles. The molecule has 1 saturated carbocycles. The number of hydrogen-bond acceptors (Lipinski definition) is 2. The summed E-state index contributed by atoms with van der Waals surface area (Å²) >= 11 is 0. The first-order valence-corrected chi connectivity index (χ1v) is 8.27. The van der Waals surface area contributed by atoms with E-state index in [0.29, 0.717) is 0 Å². The molecule has 0 aromatic heterocycles. The van der Waals surface area contributed by atoms with Crippen molar-refractivity contribution in [3.8, 4) is 0 Å². The monoisotopic (exact) mass is 286 g/mol. The smallest absolute Gasteiger partial charge is 0.243 e. The Balaban J connectivity index is 1.84. The van der Waals surface area contributed by atoms with Gasteiger partial charge in [0.1, 0.15) is 0 Å². The molecule has 1 heterocycles. The lowest BCUT2D eigenvalue weighted by Crippen LogP contribution is -2.56. The number of aryl methyl sites for hydroxylation is 1. The zero-order valence-corrected chi connectivity index (χ0v) is 13.0. The Morgan fingerprint density at radius 3 is 2.62 bits per heavy atom. The van der Waals surface area contributed by atoms with Gasteiger partial charge in [0.2, 0.25) is 5.91 Å². The maximum absolute atomic E-state index is 13.0. The summed E-state index contributed by atoms with van der Waals surface area (Å²) < 4.78 is 0. The average molecular weight is 286 g/mol. The molecule has 1 aliphatic heterocycles. The van der Waals surface area contributed by atoms with Crippen LogP contribution in [0.15, 0.2) is 24.3 Å². The highest BCUT2D eigenvalue weighted by molar-refractivity contribution is 5.87. The second-order valence-electron chi connectivity index (χ2n) is 6.73. The number of carbonyl (C=O) groups is 1. The first kappa shape index (κ1) is 14.6. The molecule has 1 amide bonds. The van der Waals surface area contributed by atoms with E-state index < -0.39 is 5.54 Å². The Kier molecular flexibility index (Phi) is 4.03. The molecule has 0 spiro atoms. The van der Waals surface area contributed by atoms with Crippen LogP contribution < -0.4 is 5.73 Å². The summed E-state index contributed by atoms with van der Waals surface area (Å²) in [4.78, 5) is 15.1. The van der Waals surface area contributed by atoms with Crippen molar-refractivity contribution in [2.24, 2.45) is 5.73 Å². The summed E-state index contributed by atoms with van der Waals surface area (Å²) in [7, 11) is 0. The topological polar surface area (TPSA) is 46.3 Å². The van der Waals surface area contributed by atoms with E-state index in [1.54, 1.807) is 0 Å². The number of likely N-dealkylation sites (tertiary alicyclic amines) is 1. The van der Waals surface area contributed by atoms with E-state index in [9.17, 15) is 4.79 Å². The van der Waals surface area contributed by atoms with Crippen LogP contribution in [0.4, 0.5) is 0 Å². The van der Waals surface area contributed by atoms with E-state index in [-0.39, 0.29) is 11.9 Å². The number of nitrogens with zero attached hydrogens (tertiary/aromatic N) is 1. The highest BCUT2D eigenvalue weighted by Gasteiger charge is 2.42. The zero-order valence-electron chi connectivity index (χ0n) is 13.0. The van der Waals surface area contributed by atoms with Crippen molar-refractivity contribution in [2.75, 3.05) is 6.54 Å². The molecule has 1 aliphatic carbocycles. The van der Waals surface area contributed by atoms with Gasteiger partial charge in [-0.25, -0.2) is 0 Å². The summed E-state index contributed by atoms with van der Waals surface area (Å²) in [5, 5.41) is 0. The van der Waals surface area contributed by atoms with Crippen LogP contribution in [0.5, 0.6) is 0 Å². The van der Waals surface area contributed by atoms with E-state index in [1.807, 2.05) is 0 Å². The molecule has 2 N–H and O–H groups in total. The number of hydrogen-bond donors (Lipinski definition) is 1. The van der Waals surface area contributed by atoms with Gasteiger partial charge in [-0.15, -0.1) is 0 Å². The third-order valence-electron chi connectivity index (χ3n) is 5.23. The average Bonchev–Trinajstić information content (AvgIpc) is 2.97. The number of carbonyl (C=O) groups excluding carboxylic acids is 1. The molecule has 0 bridgehead atoms. The third-order valence-corrected chi connectivity index (χ3v) is 5.23. The summed E-state index contributed by atoms with van der Waals surface area (Å²) in [5.74, 6) is 0.188. The second-order valence-corrected chi connectivity index (χ2v) is 6.73. The van der Waals surface area contributed by atoms with Crippen LogP contribution in [0.1, 0.15) is 62.1 Å². The van der Waals surface area contributed by atoms with Gasteiger partial charge in [-0.3, -0.25) is 4.79 Å². The zero-order chi connectivity index (χ0) is 14.9. The first-order chi connectivity index (χ1) is 10.1. The van der Waals surface area contributed by atoms with Crippen LogP contribution in [-0.4, -0.2) is 22.9 Å². The largest absolute Gasteiger partial charge is 0.334 e. The summed E-state index contributed by atoms with van der Waals surface area (Å²) in [6, 6.07) is 8.65. The number of amides is 1. The maximum atomic E-state index is 13.0. The lowest BCUT2D eigenvalue weighted by molar-refractivity contribution is -0.139. The highest BCUT2D eigenvalue weighted by atomic mass is 16.2. The van der Waals surface area contributed by atoms with Crippen molar-refractivity contribution in [3.05, 3.63) is 35.4 Å². The third kappa shape index (κ3) is 2.71. The van der Waals surface area contributed by atoms with Gasteiger partial charge in [0, 0.05) is 6.54 Å². The van der Waals surface area contributed by atoms with Crippen LogP contribution in [0.25, 0.3) is 0 Å². The second kappa shape index (κ2) is 5.80. The van der Waals surface area contributed by atoms with Crippen LogP contribution in [0, 0.1) is 6.92 Å². The molecule has 1 atom stereocenters. The van der Waals surface area contributed by atoms with Crippen molar-refractivity contribution in [3.63, 3.8) is 0 Å². The fourth-order valence-electron chi connectivity index (χ4n) is 3.98. The predicted octanol–water partition coefficient (Wildman–Crippen LogP) is 3.32. The minimum atomic E-state index is -0.608. The van der Waals surface area contributed by atoms with Crippen LogP contribution in [-0.2, 0) is 4.79 Å². The lowest BCUT2D eigenvalue weighted by atomic mass is 9.81. The van der Waals surface area contributed by atoms with Gasteiger partial charge in [0.15, 0.2) is 0 Å². The Hall–Kier alpha value is -1.35. The molecule has 3 nitrogen and oxygen atoms in total. The Morgan fingerprint density at radius 1 is 1.19 bits per heavy atom. The fourth-order valence-corrected chi connectivity index (χ4v) is 3.98. The molecule has 21 heavy (non-hydrogen) atoms. The number of rotatable bonds is 2. The molecule has 1 unspecified atom stereocenters. The predicted molar refractivity (Wildman–Crippen MR) is 84.9 cm³/mol. The van der Waals surface area contributed by atoms with Crippen LogP contribution in [0.3, 0.4) is 0 Å². The van der Waals surface area contributed by atoms with E-state index in [2.05, 4.69) is 36.1 Å². The Bertz CT molecular complexity index is 520. The molecule has 3 rings (SSSR count).